The van der Waals surface area contributed by atoms with E-state index in [0.717, 1.165) is 6.07 Å². The number of nitrogens with one attached hydrogen (secondary N) is 1. The molecule has 0 saturated carbocycles. The third kappa shape index (κ3) is 3.21. The van der Waals surface area contributed by atoms with E-state index in [2.05, 4.69) is 5.32 Å². The molecular weight excluding hydrogens is 407 g/mol. The molecule has 0 saturated heterocycles. The van der Waals surface area contributed by atoms with Crippen molar-refractivity contribution in [3.8, 4) is 23.0 Å². The number of nitro groups is 1. The summed E-state index contributed by atoms with van der Waals surface area (Å²) in [6.45, 7) is 0. The van der Waals surface area contributed by atoms with Crippen molar-refractivity contribution in [3.63, 3.8) is 0 Å². The van der Waals surface area contributed by atoms with Crippen LogP contribution in [0.2, 0.25) is 10.0 Å². The number of carbonyl (C=O) groups is 1. The van der Waals surface area contributed by atoms with E-state index in [1.54, 1.807) is 36.4 Å². The van der Waals surface area contributed by atoms with Gasteiger partial charge in [-0.2, -0.15) is 0 Å². The number of hydrogen-bond acceptors (Lipinski definition) is 5. The van der Waals surface area contributed by atoms with E-state index >= 15 is 0 Å². The fourth-order valence-corrected chi connectivity index (χ4v) is 3.04. The molecule has 0 atom stereocenters. The summed E-state index contributed by atoms with van der Waals surface area (Å²) >= 11 is 12.1. The van der Waals surface area contributed by atoms with Crippen LogP contribution >= 0.6 is 23.2 Å². The Morgan fingerprint density at radius 1 is 1.00 bits per heavy atom. The number of amides is 1. The zero-order chi connectivity index (χ0) is 19.8. The highest BCUT2D eigenvalue weighted by atomic mass is 35.5. The Bertz CT molecular complexity index is 1130. The molecular formula is C19H10Cl2N2O5. The number of ether oxygens (including phenoxy) is 2. The first kappa shape index (κ1) is 18.1. The van der Waals surface area contributed by atoms with Crippen LogP contribution in [0, 0.1) is 10.1 Å². The zero-order valence-electron chi connectivity index (χ0n) is 13.9. The number of carbonyl (C=O) groups excluding carboxylic acids is 1. The van der Waals surface area contributed by atoms with Gasteiger partial charge in [0, 0.05) is 0 Å². The molecule has 4 rings (SSSR count). The second kappa shape index (κ2) is 7.03. The van der Waals surface area contributed by atoms with E-state index in [9.17, 15) is 14.9 Å². The van der Waals surface area contributed by atoms with Crippen molar-refractivity contribution in [1.29, 1.82) is 0 Å². The molecule has 7 nitrogen and oxygen atoms in total. The van der Waals surface area contributed by atoms with Crippen LogP contribution in [0.15, 0.2) is 54.6 Å². The van der Waals surface area contributed by atoms with E-state index in [-0.39, 0.29) is 38.5 Å². The monoisotopic (exact) mass is 416 g/mol. The predicted octanol–water partition coefficient (Wildman–Crippen LogP) is 6.05. The lowest BCUT2D eigenvalue weighted by Gasteiger charge is -2.13. The molecule has 0 aliphatic carbocycles. The van der Waals surface area contributed by atoms with Crippen LogP contribution < -0.4 is 14.8 Å². The lowest BCUT2D eigenvalue weighted by molar-refractivity contribution is -0.385. The molecule has 3 aromatic carbocycles. The molecule has 0 fully saturated rings. The molecule has 9 heteroatoms. The number of non-ortho nitro benzene ring substituents is 1. The van der Waals surface area contributed by atoms with Crippen molar-refractivity contribution >= 4 is 40.5 Å². The number of anilines is 1. The van der Waals surface area contributed by atoms with E-state index in [1.165, 1.54) is 12.1 Å². The normalized spacial score (nSPS) is 12.1. The summed E-state index contributed by atoms with van der Waals surface area (Å²) in [5.41, 5.74) is 0.120. The minimum atomic E-state index is -0.606. The van der Waals surface area contributed by atoms with Crippen molar-refractivity contribution in [2.45, 2.75) is 0 Å². The van der Waals surface area contributed by atoms with Gasteiger partial charge in [0.25, 0.3) is 11.6 Å². The second-order valence-corrected chi connectivity index (χ2v) is 6.57. The molecule has 0 unspecified atom stereocenters. The van der Waals surface area contributed by atoms with Crippen LogP contribution in [0.4, 0.5) is 11.4 Å². The number of hydrogen-bond donors (Lipinski definition) is 1. The molecule has 0 aromatic heterocycles. The predicted molar refractivity (Wildman–Crippen MR) is 104 cm³/mol. The summed E-state index contributed by atoms with van der Waals surface area (Å²) in [4.78, 5) is 23.6. The zero-order valence-corrected chi connectivity index (χ0v) is 15.5. The first-order chi connectivity index (χ1) is 13.4. The average molecular weight is 417 g/mol. The fraction of sp³-hybridized carbons (Fsp3) is 0. The summed E-state index contributed by atoms with van der Waals surface area (Å²) in [5.74, 6) is -0.139. The third-order valence-electron chi connectivity index (χ3n) is 3.98. The van der Waals surface area contributed by atoms with Crippen molar-refractivity contribution in [2.24, 2.45) is 0 Å². The topological polar surface area (TPSA) is 90.7 Å². The molecule has 0 radical (unpaired) electrons. The Hall–Kier alpha value is -3.29. The van der Waals surface area contributed by atoms with Crippen molar-refractivity contribution in [2.75, 3.05) is 5.32 Å². The van der Waals surface area contributed by atoms with Crippen molar-refractivity contribution in [1.82, 2.24) is 0 Å². The number of nitro benzene ring substituents is 1. The first-order valence-corrected chi connectivity index (χ1v) is 8.72. The largest absolute Gasteiger partial charge is 0.454 e. The minimum Gasteiger partial charge on any atom is -0.454 e. The number of para-hydroxylation sites is 2. The van der Waals surface area contributed by atoms with Gasteiger partial charge >= 0.3 is 0 Å². The molecule has 1 N–H and O–H groups in total. The van der Waals surface area contributed by atoms with E-state index in [4.69, 9.17) is 32.7 Å². The molecule has 3 aromatic rings. The van der Waals surface area contributed by atoms with E-state index in [1.807, 2.05) is 0 Å². The molecule has 1 aliphatic heterocycles. The third-order valence-corrected chi connectivity index (χ3v) is 4.78. The number of halogens is 2. The summed E-state index contributed by atoms with van der Waals surface area (Å²) in [5, 5.41) is 14.4. The summed E-state index contributed by atoms with van der Waals surface area (Å²) in [7, 11) is 0. The van der Waals surface area contributed by atoms with Gasteiger partial charge in [-0.05, 0) is 24.3 Å². The van der Waals surface area contributed by atoms with Gasteiger partial charge in [0.15, 0.2) is 17.2 Å². The van der Waals surface area contributed by atoms with Crippen LogP contribution in [0.5, 0.6) is 23.0 Å². The van der Waals surface area contributed by atoms with Crippen LogP contribution in [0.1, 0.15) is 10.4 Å². The van der Waals surface area contributed by atoms with Crippen molar-refractivity contribution in [3.05, 3.63) is 80.3 Å². The smallest absolute Gasteiger partial charge is 0.276 e. The Morgan fingerprint density at radius 3 is 2.57 bits per heavy atom. The maximum absolute atomic E-state index is 12.8. The van der Waals surface area contributed by atoms with Gasteiger partial charge in [0.05, 0.1) is 27.8 Å². The van der Waals surface area contributed by atoms with Crippen LogP contribution in [-0.2, 0) is 0 Å². The Morgan fingerprint density at radius 2 is 1.79 bits per heavy atom. The highest BCUT2D eigenvalue weighted by molar-refractivity contribution is 6.42. The van der Waals surface area contributed by atoms with Crippen LogP contribution in [0.25, 0.3) is 0 Å². The van der Waals surface area contributed by atoms with Gasteiger partial charge in [-0.15, -0.1) is 0 Å². The first-order valence-electron chi connectivity index (χ1n) is 7.96. The molecule has 1 heterocycles. The fourth-order valence-electron chi connectivity index (χ4n) is 2.71. The number of fused-ring (bicyclic) bond motifs is 2. The SMILES string of the molecule is O=C1Nc2ccccc2Oc2cc([N+](=O)[O-])cc(Oc3cccc(Cl)c3Cl)c21. The van der Waals surface area contributed by atoms with Gasteiger partial charge in [-0.25, -0.2) is 0 Å². The lowest BCUT2D eigenvalue weighted by atomic mass is 10.1. The molecule has 140 valence electrons. The highest BCUT2D eigenvalue weighted by Crippen LogP contribution is 2.44. The number of benzene rings is 3. The molecule has 1 amide bonds. The average Bonchev–Trinajstić information content (AvgIpc) is 2.80. The standard InChI is InChI=1S/C19H10Cl2N2O5/c20-11-4-3-7-14(18(11)21)28-16-9-10(23(25)26)8-15-17(16)19(24)22-12-5-1-2-6-13(12)27-15/h1-9H,(H,22,24). The maximum atomic E-state index is 12.8. The van der Waals surface area contributed by atoms with Gasteiger partial charge in [0.2, 0.25) is 0 Å². The molecule has 0 spiro atoms. The maximum Gasteiger partial charge on any atom is 0.276 e. The van der Waals surface area contributed by atoms with Crippen LogP contribution in [-0.4, -0.2) is 10.8 Å². The Labute approximate surface area is 168 Å². The number of rotatable bonds is 3. The number of nitrogens with zero attached hydrogens (tertiary/aromatic N) is 1. The summed E-state index contributed by atoms with van der Waals surface area (Å²) < 4.78 is 11.5. The minimum absolute atomic E-state index is 0.00200. The summed E-state index contributed by atoms with van der Waals surface area (Å²) in [6, 6.07) is 13.7. The van der Waals surface area contributed by atoms with Crippen molar-refractivity contribution < 1.29 is 19.2 Å². The summed E-state index contributed by atoms with van der Waals surface area (Å²) in [6.07, 6.45) is 0. The highest BCUT2D eigenvalue weighted by Gasteiger charge is 2.29. The van der Waals surface area contributed by atoms with Gasteiger partial charge in [0.1, 0.15) is 16.3 Å². The lowest BCUT2D eigenvalue weighted by Crippen LogP contribution is -2.12. The molecule has 28 heavy (non-hydrogen) atoms. The van der Waals surface area contributed by atoms with Gasteiger partial charge < -0.3 is 14.8 Å². The van der Waals surface area contributed by atoms with Crippen LogP contribution in [0.3, 0.4) is 0 Å². The van der Waals surface area contributed by atoms with E-state index in [0.29, 0.717) is 11.4 Å². The molecule has 1 aliphatic rings. The van der Waals surface area contributed by atoms with E-state index < -0.39 is 10.8 Å². The quantitative estimate of drug-likeness (QED) is 0.414. The van der Waals surface area contributed by atoms with Gasteiger partial charge in [-0.1, -0.05) is 41.4 Å². The van der Waals surface area contributed by atoms with Gasteiger partial charge in [-0.3, -0.25) is 14.9 Å². The second-order valence-electron chi connectivity index (χ2n) is 5.78. The molecule has 0 bridgehead atoms. The Kier molecular flexibility index (Phi) is 4.54. The Balaban J connectivity index is 1.89.